The van der Waals surface area contributed by atoms with Gasteiger partial charge in [0.15, 0.2) is 11.5 Å². The molecule has 1 fully saturated rings. The van der Waals surface area contributed by atoms with E-state index >= 15 is 0 Å². The number of rotatable bonds is 7. The van der Waals surface area contributed by atoms with E-state index in [1.807, 2.05) is 60.0 Å². The fourth-order valence-corrected chi connectivity index (χ4v) is 5.54. The molecule has 2 aliphatic rings. The normalized spacial score (nSPS) is 20.2. The maximum absolute atomic E-state index is 13.9. The number of methoxy groups -OCH3 is 2. The van der Waals surface area contributed by atoms with E-state index in [9.17, 15) is 9.59 Å². The average Bonchev–Trinajstić information content (AvgIpc) is 3.51. The van der Waals surface area contributed by atoms with Crippen molar-refractivity contribution in [1.29, 1.82) is 0 Å². The summed E-state index contributed by atoms with van der Waals surface area (Å²) in [5.41, 5.74) is 1.63. The summed E-state index contributed by atoms with van der Waals surface area (Å²) in [6, 6.07) is 15.9. The second-order valence-corrected chi connectivity index (χ2v) is 9.80. The molecule has 7 heteroatoms. The quantitative estimate of drug-likeness (QED) is 0.557. The number of carbonyl (C=O) groups is 2. The highest BCUT2D eigenvalue weighted by molar-refractivity contribution is 6.03. The largest absolute Gasteiger partial charge is 0.493 e. The number of carbonyl (C=O) groups excluding carboxylic acids is 2. The molecule has 2 aromatic carbocycles. The number of nitrogens with one attached hydrogen (secondary N) is 1. The summed E-state index contributed by atoms with van der Waals surface area (Å²) in [5.74, 6) is 1.12. The molecule has 1 aromatic heterocycles. The monoisotopic (exact) mass is 475 g/mol. The molecule has 0 saturated heterocycles. The van der Waals surface area contributed by atoms with Crippen LogP contribution in [0.1, 0.15) is 48.7 Å². The fraction of sp³-hybridized carbons (Fsp3) is 0.429. The van der Waals surface area contributed by atoms with Crippen molar-refractivity contribution in [2.45, 2.75) is 57.2 Å². The fourth-order valence-electron chi connectivity index (χ4n) is 5.54. The Morgan fingerprint density at radius 1 is 1.06 bits per heavy atom. The van der Waals surface area contributed by atoms with E-state index in [0.29, 0.717) is 36.7 Å². The number of benzene rings is 2. The van der Waals surface area contributed by atoms with Gasteiger partial charge in [-0.2, -0.15) is 0 Å². The van der Waals surface area contributed by atoms with Crippen molar-refractivity contribution in [3.63, 3.8) is 0 Å². The molecule has 0 unspecified atom stereocenters. The summed E-state index contributed by atoms with van der Waals surface area (Å²) in [6.45, 7) is 2.75. The first-order chi connectivity index (χ1) is 16.9. The number of ether oxygens (including phenoxy) is 2. The van der Waals surface area contributed by atoms with Gasteiger partial charge in [0, 0.05) is 23.5 Å². The third-order valence-electron chi connectivity index (χ3n) is 7.59. The van der Waals surface area contributed by atoms with E-state index in [2.05, 4.69) is 5.32 Å². The molecule has 1 saturated carbocycles. The number of aromatic nitrogens is 1. The molecule has 1 aliphatic carbocycles. The van der Waals surface area contributed by atoms with Gasteiger partial charge in [-0.15, -0.1) is 0 Å². The molecule has 0 radical (unpaired) electrons. The maximum Gasteiger partial charge on any atom is 0.271 e. The highest BCUT2D eigenvalue weighted by atomic mass is 16.5. The summed E-state index contributed by atoms with van der Waals surface area (Å²) in [5, 5.41) is 4.27. The number of para-hydroxylation sites is 1. The Morgan fingerprint density at radius 2 is 1.80 bits per heavy atom. The smallest absolute Gasteiger partial charge is 0.271 e. The third-order valence-corrected chi connectivity index (χ3v) is 7.59. The lowest BCUT2D eigenvalue weighted by Crippen LogP contribution is -2.65. The lowest BCUT2D eigenvalue weighted by Gasteiger charge is -2.44. The highest BCUT2D eigenvalue weighted by Crippen LogP contribution is 2.34. The van der Waals surface area contributed by atoms with E-state index in [1.165, 1.54) is 0 Å². The number of amides is 2. The molecule has 0 bridgehead atoms. The Labute approximate surface area is 206 Å². The SMILES string of the molecule is COc1ccc(CCN2C(=O)c3cc4ccccc4n3C[C@]2(C)C(=O)NC2CCCC2)cc1OC. The number of hydrogen-bond acceptors (Lipinski definition) is 4. The minimum atomic E-state index is -0.995. The van der Waals surface area contributed by atoms with Crippen LogP contribution in [0.3, 0.4) is 0 Å². The van der Waals surface area contributed by atoms with Crippen LogP contribution in [0.15, 0.2) is 48.5 Å². The van der Waals surface area contributed by atoms with Gasteiger partial charge in [-0.1, -0.05) is 37.1 Å². The standard InChI is InChI=1S/C28H33N3O4/c1-28(27(33)29-21-9-5-6-10-21)18-30-22-11-7-4-8-20(22)17-23(30)26(32)31(28)15-14-19-12-13-24(34-2)25(16-19)35-3/h4,7-8,11-13,16-17,21H,5-6,9-10,14-15,18H2,1-3H3,(H,29,33)/t28-/m1/s1. The molecule has 1 aliphatic heterocycles. The zero-order valence-electron chi connectivity index (χ0n) is 20.7. The molecule has 5 rings (SSSR count). The van der Waals surface area contributed by atoms with E-state index in [1.54, 1.807) is 19.1 Å². The van der Waals surface area contributed by atoms with Gasteiger partial charge in [0.2, 0.25) is 5.91 Å². The Hall–Kier alpha value is -3.48. The highest BCUT2D eigenvalue weighted by Gasteiger charge is 2.48. The summed E-state index contributed by atoms with van der Waals surface area (Å²) in [7, 11) is 3.22. The van der Waals surface area contributed by atoms with Gasteiger partial charge in [-0.3, -0.25) is 9.59 Å². The Kier molecular flexibility index (Phi) is 6.17. The Bertz CT molecular complexity index is 1260. The lowest BCUT2D eigenvalue weighted by molar-refractivity contribution is -0.133. The molecule has 184 valence electrons. The van der Waals surface area contributed by atoms with Crippen molar-refractivity contribution in [3.8, 4) is 11.5 Å². The third kappa shape index (κ3) is 4.13. The first kappa shape index (κ1) is 23.3. The van der Waals surface area contributed by atoms with Crippen LogP contribution in [0.25, 0.3) is 10.9 Å². The Morgan fingerprint density at radius 3 is 2.54 bits per heavy atom. The molecule has 3 aromatic rings. The molecule has 0 spiro atoms. The lowest BCUT2D eigenvalue weighted by atomic mass is 9.93. The van der Waals surface area contributed by atoms with Gasteiger partial charge in [0.05, 0.1) is 20.8 Å². The van der Waals surface area contributed by atoms with Crippen molar-refractivity contribution in [3.05, 3.63) is 59.8 Å². The van der Waals surface area contributed by atoms with Crippen LogP contribution < -0.4 is 14.8 Å². The van der Waals surface area contributed by atoms with E-state index in [4.69, 9.17) is 9.47 Å². The van der Waals surface area contributed by atoms with Crippen LogP contribution in [0, 0.1) is 0 Å². The predicted molar refractivity (Wildman–Crippen MR) is 135 cm³/mol. The molecule has 35 heavy (non-hydrogen) atoms. The first-order valence-electron chi connectivity index (χ1n) is 12.4. The van der Waals surface area contributed by atoms with E-state index in [-0.39, 0.29) is 17.9 Å². The van der Waals surface area contributed by atoms with Crippen LogP contribution in [-0.2, 0) is 17.8 Å². The zero-order chi connectivity index (χ0) is 24.6. The second-order valence-electron chi connectivity index (χ2n) is 9.80. The van der Waals surface area contributed by atoms with Gasteiger partial charge >= 0.3 is 0 Å². The van der Waals surface area contributed by atoms with Crippen molar-refractivity contribution in [1.82, 2.24) is 14.8 Å². The molecule has 7 nitrogen and oxygen atoms in total. The zero-order valence-corrected chi connectivity index (χ0v) is 20.7. The van der Waals surface area contributed by atoms with E-state index < -0.39 is 5.54 Å². The van der Waals surface area contributed by atoms with Crippen molar-refractivity contribution < 1.29 is 19.1 Å². The summed E-state index contributed by atoms with van der Waals surface area (Å²) >= 11 is 0. The predicted octanol–water partition coefficient (Wildman–Crippen LogP) is 4.17. The first-order valence-corrected chi connectivity index (χ1v) is 12.4. The summed E-state index contributed by atoms with van der Waals surface area (Å²) < 4.78 is 12.8. The summed E-state index contributed by atoms with van der Waals surface area (Å²) in [4.78, 5) is 29.4. The van der Waals surface area contributed by atoms with Gasteiger partial charge in [-0.25, -0.2) is 0 Å². The molecule has 1 N–H and O–H groups in total. The molecule has 2 amide bonds. The average molecular weight is 476 g/mol. The molecule has 1 atom stereocenters. The molecular formula is C28H33N3O4. The minimum Gasteiger partial charge on any atom is -0.493 e. The van der Waals surface area contributed by atoms with Gasteiger partial charge in [0.25, 0.3) is 5.91 Å². The molecule has 2 heterocycles. The van der Waals surface area contributed by atoms with Crippen LogP contribution in [0.4, 0.5) is 0 Å². The topological polar surface area (TPSA) is 72.8 Å². The van der Waals surface area contributed by atoms with Crippen molar-refractivity contribution in [2.24, 2.45) is 0 Å². The van der Waals surface area contributed by atoms with Crippen molar-refractivity contribution >= 4 is 22.7 Å². The number of fused-ring (bicyclic) bond motifs is 3. The van der Waals surface area contributed by atoms with Crippen LogP contribution in [-0.4, -0.2) is 53.6 Å². The van der Waals surface area contributed by atoms with Crippen LogP contribution in [0.5, 0.6) is 11.5 Å². The summed E-state index contributed by atoms with van der Waals surface area (Å²) in [6.07, 6.45) is 4.86. The van der Waals surface area contributed by atoms with Gasteiger partial charge < -0.3 is 24.3 Å². The Balaban J connectivity index is 1.48. The van der Waals surface area contributed by atoms with Gasteiger partial charge in [-0.05, 0) is 56.0 Å². The van der Waals surface area contributed by atoms with Gasteiger partial charge in [0.1, 0.15) is 11.2 Å². The molecular weight excluding hydrogens is 442 g/mol. The van der Waals surface area contributed by atoms with Crippen LogP contribution >= 0.6 is 0 Å². The van der Waals surface area contributed by atoms with Crippen LogP contribution in [0.2, 0.25) is 0 Å². The minimum absolute atomic E-state index is 0.0755. The number of hydrogen-bond donors (Lipinski definition) is 1. The second kappa shape index (κ2) is 9.29. The number of nitrogens with zero attached hydrogens (tertiary/aromatic N) is 2. The maximum atomic E-state index is 13.9. The van der Waals surface area contributed by atoms with Crippen molar-refractivity contribution in [2.75, 3.05) is 20.8 Å². The van der Waals surface area contributed by atoms with E-state index in [0.717, 1.165) is 42.1 Å².